The van der Waals surface area contributed by atoms with Gasteiger partial charge in [-0.25, -0.2) is 0 Å². The molecule has 0 aliphatic heterocycles. The van der Waals surface area contributed by atoms with Crippen molar-refractivity contribution < 1.29 is 0 Å². The number of rotatable bonds is 7. The molecule has 2 heteroatoms. The molecule has 0 bridgehead atoms. The number of nitrogens with zero attached hydrogens (tertiary/aromatic N) is 1. The monoisotopic (exact) mass is 212 g/mol. The largest absolute Gasteiger partial charge is 0.327 e. The van der Waals surface area contributed by atoms with Crippen molar-refractivity contribution in [3.05, 3.63) is 0 Å². The summed E-state index contributed by atoms with van der Waals surface area (Å²) in [6, 6.07) is 0.495. The maximum atomic E-state index is 6.09. The molecule has 0 aromatic rings. The van der Waals surface area contributed by atoms with E-state index in [4.69, 9.17) is 5.73 Å². The SMILES string of the molecule is CCCN(CCC)CCC1CCCC1N. The van der Waals surface area contributed by atoms with Crippen molar-refractivity contribution in [2.45, 2.75) is 58.4 Å². The summed E-state index contributed by atoms with van der Waals surface area (Å²) in [5.74, 6) is 0.807. The molecule has 0 spiro atoms. The Kier molecular flexibility index (Phi) is 6.26. The van der Waals surface area contributed by atoms with E-state index in [-0.39, 0.29) is 0 Å². The lowest BCUT2D eigenvalue weighted by molar-refractivity contribution is 0.247. The average Bonchev–Trinajstić information content (AvgIpc) is 2.61. The topological polar surface area (TPSA) is 29.3 Å². The molecule has 0 amide bonds. The van der Waals surface area contributed by atoms with Crippen LogP contribution in [0.4, 0.5) is 0 Å². The molecule has 0 radical (unpaired) electrons. The minimum absolute atomic E-state index is 0.495. The van der Waals surface area contributed by atoms with Crippen LogP contribution in [-0.2, 0) is 0 Å². The number of hydrogen-bond donors (Lipinski definition) is 1. The number of hydrogen-bond acceptors (Lipinski definition) is 2. The van der Waals surface area contributed by atoms with Gasteiger partial charge in [0.2, 0.25) is 0 Å². The molecule has 2 atom stereocenters. The van der Waals surface area contributed by atoms with Crippen molar-refractivity contribution in [3.63, 3.8) is 0 Å². The molecule has 2 nitrogen and oxygen atoms in total. The number of nitrogens with two attached hydrogens (primary N) is 1. The van der Waals surface area contributed by atoms with Crippen LogP contribution in [0.15, 0.2) is 0 Å². The standard InChI is InChI=1S/C13H28N2/c1-3-9-15(10-4-2)11-8-12-6-5-7-13(12)14/h12-13H,3-11,14H2,1-2H3. The van der Waals surface area contributed by atoms with Crippen LogP contribution in [0.5, 0.6) is 0 Å². The lowest BCUT2D eigenvalue weighted by atomic mass is 10.00. The Morgan fingerprint density at radius 2 is 1.73 bits per heavy atom. The van der Waals surface area contributed by atoms with E-state index < -0.39 is 0 Å². The molecular weight excluding hydrogens is 184 g/mol. The Balaban J connectivity index is 2.19. The Bertz CT molecular complexity index is 153. The van der Waals surface area contributed by atoms with Crippen LogP contribution in [0.3, 0.4) is 0 Å². The minimum Gasteiger partial charge on any atom is -0.327 e. The zero-order valence-electron chi connectivity index (χ0n) is 10.5. The van der Waals surface area contributed by atoms with Gasteiger partial charge in [0.15, 0.2) is 0 Å². The fourth-order valence-electron chi connectivity index (χ4n) is 2.74. The highest BCUT2D eigenvalue weighted by Crippen LogP contribution is 2.26. The lowest BCUT2D eigenvalue weighted by Gasteiger charge is -2.24. The van der Waals surface area contributed by atoms with E-state index >= 15 is 0 Å². The molecular formula is C13H28N2. The Labute approximate surface area is 95.2 Å². The van der Waals surface area contributed by atoms with Gasteiger partial charge in [-0.05, 0) is 57.7 Å². The molecule has 0 aromatic heterocycles. The molecule has 15 heavy (non-hydrogen) atoms. The van der Waals surface area contributed by atoms with Crippen molar-refractivity contribution >= 4 is 0 Å². The highest BCUT2D eigenvalue weighted by Gasteiger charge is 2.23. The zero-order valence-corrected chi connectivity index (χ0v) is 10.5. The van der Waals surface area contributed by atoms with Gasteiger partial charge < -0.3 is 10.6 Å². The summed E-state index contributed by atoms with van der Waals surface area (Å²) in [5, 5.41) is 0. The molecule has 1 aliphatic carbocycles. The third kappa shape index (κ3) is 4.52. The van der Waals surface area contributed by atoms with Crippen molar-refractivity contribution in [1.82, 2.24) is 4.90 Å². The lowest BCUT2D eigenvalue weighted by Crippen LogP contribution is -2.31. The predicted octanol–water partition coefficient (Wildman–Crippen LogP) is 2.63. The van der Waals surface area contributed by atoms with Crippen LogP contribution in [0.2, 0.25) is 0 Å². The Morgan fingerprint density at radius 3 is 2.20 bits per heavy atom. The van der Waals surface area contributed by atoms with Crippen LogP contribution >= 0.6 is 0 Å². The summed E-state index contributed by atoms with van der Waals surface area (Å²) >= 11 is 0. The summed E-state index contributed by atoms with van der Waals surface area (Å²) in [5.41, 5.74) is 6.09. The molecule has 1 fully saturated rings. The second-order valence-electron chi connectivity index (χ2n) is 4.99. The molecule has 1 saturated carbocycles. The maximum Gasteiger partial charge on any atom is 0.00676 e. The first-order valence-electron chi connectivity index (χ1n) is 6.75. The quantitative estimate of drug-likeness (QED) is 0.703. The second kappa shape index (κ2) is 7.24. The van der Waals surface area contributed by atoms with E-state index in [1.54, 1.807) is 0 Å². The summed E-state index contributed by atoms with van der Waals surface area (Å²) < 4.78 is 0. The van der Waals surface area contributed by atoms with Crippen LogP contribution in [0.25, 0.3) is 0 Å². The van der Waals surface area contributed by atoms with Crippen molar-refractivity contribution in [3.8, 4) is 0 Å². The van der Waals surface area contributed by atoms with E-state index in [0.717, 1.165) is 5.92 Å². The predicted molar refractivity (Wildman–Crippen MR) is 67.0 cm³/mol. The first-order valence-corrected chi connectivity index (χ1v) is 6.75. The van der Waals surface area contributed by atoms with E-state index in [2.05, 4.69) is 18.7 Å². The van der Waals surface area contributed by atoms with E-state index in [1.807, 2.05) is 0 Å². The van der Waals surface area contributed by atoms with Crippen LogP contribution in [0, 0.1) is 5.92 Å². The van der Waals surface area contributed by atoms with E-state index in [1.165, 1.54) is 58.2 Å². The van der Waals surface area contributed by atoms with Crippen molar-refractivity contribution in [1.29, 1.82) is 0 Å². The molecule has 2 unspecified atom stereocenters. The summed E-state index contributed by atoms with van der Waals surface area (Å²) in [7, 11) is 0. The van der Waals surface area contributed by atoms with E-state index in [0.29, 0.717) is 6.04 Å². The fraction of sp³-hybridized carbons (Fsp3) is 1.00. The van der Waals surface area contributed by atoms with Crippen molar-refractivity contribution in [2.24, 2.45) is 11.7 Å². The van der Waals surface area contributed by atoms with Gasteiger partial charge in [0.25, 0.3) is 0 Å². The maximum absolute atomic E-state index is 6.09. The summed E-state index contributed by atoms with van der Waals surface area (Å²) in [6.45, 7) is 8.32. The average molecular weight is 212 g/mol. The van der Waals surface area contributed by atoms with Gasteiger partial charge in [-0.2, -0.15) is 0 Å². The third-order valence-electron chi connectivity index (χ3n) is 3.61. The smallest absolute Gasteiger partial charge is 0.00676 e. The molecule has 0 saturated heterocycles. The van der Waals surface area contributed by atoms with Crippen molar-refractivity contribution in [2.75, 3.05) is 19.6 Å². The van der Waals surface area contributed by atoms with Gasteiger partial charge in [0, 0.05) is 6.04 Å². The molecule has 0 heterocycles. The highest BCUT2D eigenvalue weighted by atomic mass is 15.1. The van der Waals surface area contributed by atoms with Crippen LogP contribution < -0.4 is 5.73 Å². The first-order chi connectivity index (χ1) is 7.27. The Hall–Kier alpha value is -0.0800. The van der Waals surface area contributed by atoms with Gasteiger partial charge in [-0.3, -0.25) is 0 Å². The van der Waals surface area contributed by atoms with Gasteiger partial charge >= 0.3 is 0 Å². The van der Waals surface area contributed by atoms with Gasteiger partial charge in [0.05, 0.1) is 0 Å². The summed E-state index contributed by atoms with van der Waals surface area (Å²) in [4.78, 5) is 2.60. The third-order valence-corrected chi connectivity index (χ3v) is 3.61. The molecule has 0 aromatic carbocycles. The van der Waals surface area contributed by atoms with E-state index in [9.17, 15) is 0 Å². The highest BCUT2D eigenvalue weighted by molar-refractivity contribution is 4.80. The minimum atomic E-state index is 0.495. The first kappa shape index (κ1) is 13.0. The molecule has 1 aliphatic rings. The zero-order chi connectivity index (χ0) is 11.1. The molecule has 1 rings (SSSR count). The van der Waals surface area contributed by atoms with Gasteiger partial charge in [-0.15, -0.1) is 0 Å². The van der Waals surface area contributed by atoms with Crippen LogP contribution in [0.1, 0.15) is 52.4 Å². The fourth-order valence-corrected chi connectivity index (χ4v) is 2.74. The second-order valence-corrected chi connectivity index (χ2v) is 4.99. The Morgan fingerprint density at radius 1 is 1.07 bits per heavy atom. The van der Waals surface area contributed by atoms with Gasteiger partial charge in [-0.1, -0.05) is 20.3 Å². The van der Waals surface area contributed by atoms with Gasteiger partial charge in [0.1, 0.15) is 0 Å². The normalized spacial score (nSPS) is 26.4. The van der Waals surface area contributed by atoms with Crippen LogP contribution in [-0.4, -0.2) is 30.6 Å². The molecule has 2 N–H and O–H groups in total. The molecule has 90 valence electrons. The summed E-state index contributed by atoms with van der Waals surface area (Å²) in [6.07, 6.45) is 7.85.